The second-order valence-corrected chi connectivity index (χ2v) is 15.5. The number of hydrogen-bond donors (Lipinski definition) is 0. The van der Waals surface area contributed by atoms with E-state index < -0.39 is 5.54 Å². The van der Waals surface area contributed by atoms with Gasteiger partial charge in [0.2, 0.25) is 5.54 Å². The Balaban J connectivity index is 1.48. The van der Waals surface area contributed by atoms with E-state index in [1.807, 2.05) is 20.1 Å². The van der Waals surface area contributed by atoms with Gasteiger partial charge in [0, 0.05) is 25.5 Å². The molecule has 0 fully saturated rings. The van der Waals surface area contributed by atoms with Crippen LogP contribution in [0.4, 0.5) is 0 Å². The zero-order valence-electron chi connectivity index (χ0n) is 26.2. The van der Waals surface area contributed by atoms with Gasteiger partial charge < -0.3 is 4.85 Å². The first-order valence-corrected chi connectivity index (χ1v) is 17.9. The Labute approximate surface area is 285 Å². The molecular formula is C41H34N2S3. The fourth-order valence-electron chi connectivity index (χ4n) is 6.54. The minimum Gasteiger partial charge on any atom is -0.311 e. The smallest absolute Gasteiger partial charge is 0.228 e. The molecule has 0 saturated heterocycles. The summed E-state index contributed by atoms with van der Waals surface area (Å²) >= 11 is 8.85. The molecule has 6 aromatic carbocycles. The van der Waals surface area contributed by atoms with Gasteiger partial charge in [-0.15, -0.1) is 11.8 Å². The highest BCUT2D eigenvalue weighted by atomic mass is 32.2. The molecule has 0 aliphatic heterocycles. The van der Waals surface area contributed by atoms with Crippen LogP contribution in [0, 0.1) is 23.8 Å². The minimum atomic E-state index is -0.570. The number of fused-ring (bicyclic) bond motifs is 3. The zero-order valence-corrected chi connectivity index (χ0v) is 28.6. The molecule has 0 radical (unpaired) electrons. The third kappa shape index (κ3) is 6.42. The number of thiocarbonyl (C=S) groups is 1. The van der Waals surface area contributed by atoms with Crippen LogP contribution in [0.2, 0.25) is 0 Å². The lowest BCUT2D eigenvalue weighted by Gasteiger charge is -2.22. The first kappa shape index (κ1) is 31.8. The van der Waals surface area contributed by atoms with Gasteiger partial charge in [0.25, 0.3) is 0 Å². The lowest BCUT2D eigenvalue weighted by atomic mass is 9.84. The molecule has 0 aromatic heterocycles. The molecule has 0 amide bonds. The van der Waals surface area contributed by atoms with Crippen LogP contribution in [-0.2, 0) is 0 Å². The Morgan fingerprint density at radius 2 is 1.33 bits per heavy atom. The van der Waals surface area contributed by atoms with Crippen LogP contribution >= 0.6 is 35.7 Å². The summed E-state index contributed by atoms with van der Waals surface area (Å²) in [4.78, 5) is 3.76. The van der Waals surface area contributed by atoms with Crippen molar-refractivity contribution in [2.24, 2.45) is 5.92 Å². The molecule has 0 saturated carbocycles. The van der Waals surface area contributed by atoms with Crippen LogP contribution in [0.1, 0.15) is 37.5 Å². The van der Waals surface area contributed by atoms with Crippen molar-refractivity contribution in [3.05, 3.63) is 132 Å². The number of rotatable bonds is 8. The highest BCUT2D eigenvalue weighted by Crippen LogP contribution is 2.46. The summed E-state index contributed by atoms with van der Waals surface area (Å²) in [6.45, 7) is 11.4. The van der Waals surface area contributed by atoms with E-state index in [-0.39, 0.29) is 11.2 Å². The maximum atomic E-state index is 10.0. The molecule has 0 spiro atoms. The molecule has 2 atom stereocenters. The van der Waals surface area contributed by atoms with Crippen LogP contribution in [0.3, 0.4) is 0 Å². The summed E-state index contributed by atoms with van der Waals surface area (Å²) in [7, 11) is 0. The average Bonchev–Trinajstić information content (AvgIpc) is 3.09. The first-order chi connectivity index (χ1) is 22.3. The molecule has 2 nitrogen and oxygen atoms in total. The van der Waals surface area contributed by atoms with Crippen molar-refractivity contribution >= 4 is 71.6 Å². The number of thioether (sulfide) groups is 2. The van der Waals surface area contributed by atoms with Crippen LogP contribution in [0.25, 0.3) is 59.4 Å². The van der Waals surface area contributed by atoms with Crippen molar-refractivity contribution in [1.82, 2.24) is 0 Å². The van der Waals surface area contributed by atoms with Gasteiger partial charge in [-0.3, -0.25) is 0 Å². The Hall–Kier alpha value is -4.13. The van der Waals surface area contributed by atoms with Crippen molar-refractivity contribution in [2.45, 2.75) is 37.5 Å². The zero-order chi connectivity index (χ0) is 32.3. The van der Waals surface area contributed by atoms with Crippen LogP contribution in [0.5, 0.6) is 0 Å². The summed E-state index contributed by atoms with van der Waals surface area (Å²) < 4.78 is 0.858. The number of hydrogen-bond acceptors (Lipinski definition) is 4. The molecule has 0 aliphatic carbocycles. The second-order valence-electron chi connectivity index (χ2n) is 12.2. The van der Waals surface area contributed by atoms with E-state index in [4.69, 9.17) is 18.8 Å². The number of nitriles is 1. The van der Waals surface area contributed by atoms with Crippen molar-refractivity contribution in [2.75, 3.05) is 6.26 Å². The van der Waals surface area contributed by atoms with E-state index in [9.17, 15) is 5.26 Å². The van der Waals surface area contributed by atoms with E-state index in [1.165, 1.54) is 49.0 Å². The second kappa shape index (κ2) is 13.7. The molecule has 0 bridgehead atoms. The summed E-state index contributed by atoms with van der Waals surface area (Å²) in [5.74, 6) is -0.236. The minimum absolute atomic E-state index is 0.0300. The Morgan fingerprint density at radius 1 is 0.783 bits per heavy atom. The molecule has 0 heterocycles. The van der Waals surface area contributed by atoms with Crippen LogP contribution in [0.15, 0.2) is 115 Å². The van der Waals surface area contributed by atoms with Gasteiger partial charge in [0.1, 0.15) is 3.53 Å². The maximum Gasteiger partial charge on any atom is 0.228 e. The third-order valence-corrected chi connectivity index (χ3v) is 11.5. The normalized spacial score (nSPS) is 12.9. The molecular weight excluding hydrogens is 617 g/mol. The molecule has 46 heavy (non-hydrogen) atoms. The van der Waals surface area contributed by atoms with Gasteiger partial charge in [0.15, 0.2) is 0 Å². The molecule has 2 unspecified atom stereocenters. The summed E-state index contributed by atoms with van der Waals surface area (Å²) in [6.07, 6.45) is 3.18. The summed E-state index contributed by atoms with van der Waals surface area (Å²) in [5, 5.41) is 17.4. The molecule has 6 aromatic rings. The molecule has 5 heteroatoms. The van der Waals surface area contributed by atoms with Crippen LogP contribution < -0.4 is 0 Å². The summed E-state index contributed by atoms with van der Waals surface area (Å²) in [5.41, 5.74) is 5.45. The van der Waals surface area contributed by atoms with Crippen molar-refractivity contribution in [3.8, 4) is 28.3 Å². The maximum absolute atomic E-state index is 10.0. The van der Waals surface area contributed by atoms with Gasteiger partial charge in [-0.25, -0.2) is 6.57 Å². The third-order valence-electron chi connectivity index (χ3n) is 8.70. The highest BCUT2D eigenvalue weighted by molar-refractivity contribution is 8.47. The van der Waals surface area contributed by atoms with E-state index in [0.29, 0.717) is 12.8 Å². The fourth-order valence-corrected chi connectivity index (χ4v) is 8.48. The lowest BCUT2D eigenvalue weighted by molar-refractivity contribution is 0.444. The van der Waals surface area contributed by atoms with E-state index >= 15 is 0 Å². The fraction of sp³-hybridized carbons (Fsp3) is 0.195. The topological polar surface area (TPSA) is 28.1 Å². The standard InChI is InChI=1S/C41H34N2S3/c1-41(2,43-3)25-27(26-42)24-37(46-40(44)45-4)29-20-22-30(23-21-29)38-33-15-7-9-17-35(33)39(36-18-10-8-16-34(36)38)32-19-11-13-28-12-5-6-14-31(28)32/h5-23,27,37H,24-25H2,1-2,4H3. The van der Waals surface area contributed by atoms with Gasteiger partial charge >= 0.3 is 0 Å². The van der Waals surface area contributed by atoms with E-state index in [2.05, 4.69) is 126 Å². The molecule has 226 valence electrons. The predicted molar refractivity (Wildman–Crippen MR) is 205 cm³/mol. The Morgan fingerprint density at radius 3 is 1.89 bits per heavy atom. The molecule has 6 rings (SSSR count). The van der Waals surface area contributed by atoms with Gasteiger partial charge in [-0.2, -0.15) is 5.26 Å². The lowest BCUT2D eigenvalue weighted by Crippen LogP contribution is -2.20. The number of benzene rings is 6. The summed E-state index contributed by atoms with van der Waals surface area (Å²) in [6, 6.07) is 44.0. The molecule has 0 N–H and O–H groups in total. The van der Waals surface area contributed by atoms with Crippen molar-refractivity contribution < 1.29 is 0 Å². The van der Waals surface area contributed by atoms with Gasteiger partial charge in [-0.05, 0) is 72.8 Å². The van der Waals surface area contributed by atoms with E-state index in [0.717, 1.165) is 14.7 Å². The Kier molecular flexibility index (Phi) is 9.48. The van der Waals surface area contributed by atoms with Gasteiger partial charge in [0.05, 0.1) is 12.0 Å². The SMILES string of the molecule is [C-]#[N+]C(C)(C)CC(C#N)CC(SC(=S)SC)c1ccc(-c2c3ccccc3c(-c3cccc4ccccc34)c3ccccc23)cc1. The largest absolute Gasteiger partial charge is 0.311 e. The first-order valence-electron chi connectivity index (χ1n) is 15.4. The average molecular weight is 651 g/mol. The van der Waals surface area contributed by atoms with Crippen LogP contribution in [-0.4, -0.2) is 15.3 Å². The quantitative estimate of drug-likeness (QED) is 0.0931. The van der Waals surface area contributed by atoms with Crippen molar-refractivity contribution in [1.29, 1.82) is 5.26 Å². The predicted octanol–water partition coefficient (Wildman–Crippen LogP) is 12.5. The monoisotopic (exact) mass is 650 g/mol. The van der Waals surface area contributed by atoms with Crippen molar-refractivity contribution in [3.63, 3.8) is 0 Å². The highest BCUT2D eigenvalue weighted by Gasteiger charge is 2.31. The van der Waals surface area contributed by atoms with Gasteiger partial charge in [-0.1, -0.05) is 139 Å². The van der Waals surface area contributed by atoms with E-state index in [1.54, 1.807) is 23.5 Å². The molecule has 0 aliphatic rings. The Bertz CT molecular complexity index is 2090. The number of nitrogens with zero attached hydrogens (tertiary/aromatic N) is 2.